The van der Waals surface area contributed by atoms with Gasteiger partial charge in [0.05, 0.1) is 0 Å². The molecule has 1 rings (SSSR count). The minimum Gasteiger partial charge on any atom is -0.356 e. The van der Waals surface area contributed by atoms with E-state index in [1.54, 1.807) is 0 Å². The van der Waals surface area contributed by atoms with Gasteiger partial charge in [-0.2, -0.15) is 0 Å². The summed E-state index contributed by atoms with van der Waals surface area (Å²) in [6.07, 6.45) is 2.15. The summed E-state index contributed by atoms with van der Waals surface area (Å²) in [7, 11) is 0. The topological polar surface area (TPSA) is 55.1 Å². The maximum Gasteiger partial charge on any atom is 0.220 e. The van der Waals surface area contributed by atoms with Gasteiger partial charge in [-0.25, -0.2) is 0 Å². The molecule has 0 saturated heterocycles. The molecule has 3 nitrogen and oxygen atoms in total. The van der Waals surface area contributed by atoms with E-state index in [0.29, 0.717) is 13.0 Å². The number of carbonyl (C=O) groups excluding carboxylic acids is 1. The van der Waals surface area contributed by atoms with Gasteiger partial charge in [0.15, 0.2) is 0 Å². The SMILES string of the molecule is Cc1cc(C)cc(CCNC(=O)CCC(C)N)c1. The van der Waals surface area contributed by atoms with Crippen molar-refractivity contribution in [3.05, 3.63) is 34.9 Å². The van der Waals surface area contributed by atoms with E-state index in [2.05, 4.69) is 37.4 Å². The molecule has 100 valence electrons. The number of carbonyl (C=O) groups is 1. The van der Waals surface area contributed by atoms with Crippen LogP contribution in [0, 0.1) is 13.8 Å². The summed E-state index contributed by atoms with van der Waals surface area (Å²) in [5.74, 6) is 0.0941. The summed E-state index contributed by atoms with van der Waals surface area (Å²) in [6, 6.07) is 6.59. The molecule has 1 amide bonds. The molecule has 0 heterocycles. The summed E-state index contributed by atoms with van der Waals surface area (Å²) < 4.78 is 0. The highest BCUT2D eigenvalue weighted by Gasteiger charge is 2.03. The average molecular weight is 248 g/mol. The lowest BCUT2D eigenvalue weighted by molar-refractivity contribution is -0.121. The van der Waals surface area contributed by atoms with Crippen LogP contribution in [0.2, 0.25) is 0 Å². The molecule has 0 fully saturated rings. The molecule has 3 heteroatoms. The largest absolute Gasteiger partial charge is 0.356 e. The van der Waals surface area contributed by atoms with Gasteiger partial charge in [-0.05, 0) is 39.2 Å². The van der Waals surface area contributed by atoms with Crippen LogP contribution in [0.15, 0.2) is 18.2 Å². The Bertz CT molecular complexity index is 379. The second kappa shape index (κ2) is 7.17. The number of nitrogens with two attached hydrogens (primary N) is 1. The fourth-order valence-corrected chi connectivity index (χ4v) is 2.01. The van der Waals surface area contributed by atoms with E-state index >= 15 is 0 Å². The van der Waals surface area contributed by atoms with Crippen LogP contribution in [0.25, 0.3) is 0 Å². The third-order valence-corrected chi connectivity index (χ3v) is 2.84. The van der Waals surface area contributed by atoms with Crippen molar-refractivity contribution in [2.45, 2.75) is 46.1 Å². The molecule has 1 atom stereocenters. The Labute approximate surface area is 110 Å². The second-order valence-corrected chi connectivity index (χ2v) is 5.11. The van der Waals surface area contributed by atoms with Crippen molar-refractivity contribution in [3.63, 3.8) is 0 Å². The number of aryl methyl sites for hydroxylation is 2. The van der Waals surface area contributed by atoms with E-state index in [1.165, 1.54) is 16.7 Å². The van der Waals surface area contributed by atoms with E-state index in [1.807, 2.05) is 6.92 Å². The minimum atomic E-state index is 0.0928. The predicted molar refractivity (Wildman–Crippen MR) is 75.5 cm³/mol. The Hall–Kier alpha value is -1.35. The van der Waals surface area contributed by atoms with Crippen molar-refractivity contribution in [3.8, 4) is 0 Å². The molecule has 3 N–H and O–H groups in total. The van der Waals surface area contributed by atoms with Crippen LogP contribution < -0.4 is 11.1 Å². The van der Waals surface area contributed by atoms with Crippen LogP contribution in [0.1, 0.15) is 36.5 Å². The summed E-state index contributed by atoms with van der Waals surface area (Å²) >= 11 is 0. The smallest absolute Gasteiger partial charge is 0.220 e. The lowest BCUT2D eigenvalue weighted by Gasteiger charge is -2.08. The number of hydrogen-bond acceptors (Lipinski definition) is 2. The quantitative estimate of drug-likeness (QED) is 0.810. The molecule has 0 aliphatic rings. The molecule has 0 spiro atoms. The number of amides is 1. The molecule has 0 bridgehead atoms. The lowest BCUT2D eigenvalue weighted by Crippen LogP contribution is -2.27. The van der Waals surface area contributed by atoms with Crippen LogP contribution in [-0.2, 0) is 11.2 Å². The standard InChI is InChI=1S/C15H24N2O/c1-11-8-12(2)10-14(9-11)6-7-17-15(18)5-4-13(3)16/h8-10,13H,4-7,16H2,1-3H3,(H,17,18). The van der Waals surface area contributed by atoms with E-state index in [-0.39, 0.29) is 11.9 Å². The first kappa shape index (κ1) is 14.7. The molecular formula is C15H24N2O. The van der Waals surface area contributed by atoms with Crippen molar-refractivity contribution in [1.29, 1.82) is 0 Å². The summed E-state index contributed by atoms with van der Waals surface area (Å²) in [5.41, 5.74) is 9.43. The molecule has 0 aliphatic carbocycles. The monoisotopic (exact) mass is 248 g/mol. The molecule has 1 aromatic carbocycles. The first-order valence-corrected chi connectivity index (χ1v) is 6.57. The number of rotatable bonds is 6. The molecule has 0 saturated carbocycles. The zero-order valence-electron chi connectivity index (χ0n) is 11.6. The van der Waals surface area contributed by atoms with Gasteiger partial charge in [0.2, 0.25) is 5.91 Å². The zero-order valence-corrected chi connectivity index (χ0v) is 11.6. The molecule has 1 unspecified atom stereocenters. The lowest BCUT2D eigenvalue weighted by atomic mass is 10.1. The molecule has 0 aliphatic heterocycles. The molecule has 1 aromatic rings. The Morgan fingerprint density at radius 1 is 1.28 bits per heavy atom. The maximum atomic E-state index is 11.5. The van der Waals surface area contributed by atoms with Crippen molar-refractivity contribution in [1.82, 2.24) is 5.32 Å². The number of nitrogens with one attached hydrogen (secondary N) is 1. The predicted octanol–water partition coefficient (Wildman–Crippen LogP) is 2.09. The molecular weight excluding hydrogens is 224 g/mol. The van der Waals surface area contributed by atoms with E-state index < -0.39 is 0 Å². The third kappa shape index (κ3) is 5.82. The van der Waals surface area contributed by atoms with E-state index in [0.717, 1.165) is 12.8 Å². The van der Waals surface area contributed by atoms with Gasteiger partial charge in [-0.1, -0.05) is 29.3 Å². The van der Waals surface area contributed by atoms with Crippen molar-refractivity contribution < 1.29 is 4.79 Å². The average Bonchev–Trinajstić information content (AvgIpc) is 2.25. The Balaban J connectivity index is 2.30. The van der Waals surface area contributed by atoms with Crippen molar-refractivity contribution >= 4 is 5.91 Å². The van der Waals surface area contributed by atoms with E-state index in [4.69, 9.17) is 5.73 Å². The first-order chi connectivity index (χ1) is 8.47. The summed E-state index contributed by atoms with van der Waals surface area (Å²) in [6.45, 7) is 6.80. The highest BCUT2D eigenvalue weighted by atomic mass is 16.1. The Morgan fingerprint density at radius 3 is 2.44 bits per heavy atom. The summed E-state index contributed by atoms with van der Waals surface area (Å²) in [4.78, 5) is 11.5. The van der Waals surface area contributed by atoms with Crippen LogP contribution in [-0.4, -0.2) is 18.5 Å². The zero-order chi connectivity index (χ0) is 13.5. The number of hydrogen-bond donors (Lipinski definition) is 2. The molecule has 0 radical (unpaired) electrons. The highest BCUT2D eigenvalue weighted by Crippen LogP contribution is 2.09. The van der Waals surface area contributed by atoms with Gasteiger partial charge in [-0.3, -0.25) is 4.79 Å². The second-order valence-electron chi connectivity index (χ2n) is 5.11. The van der Waals surface area contributed by atoms with Gasteiger partial charge in [0, 0.05) is 19.0 Å². The third-order valence-electron chi connectivity index (χ3n) is 2.84. The normalized spacial score (nSPS) is 12.2. The van der Waals surface area contributed by atoms with Gasteiger partial charge >= 0.3 is 0 Å². The van der Waals surface area contributed by atoms with Gasteiger partial charge in [-0.15, -0.1) is 0 Å². The van der Waals surface area contributed by atoms with Gasteiger partial charge in [0.25, 0.3) is 0 Å². The fourth-order valence-electron chi connectivity index (χ4n) is 2.01. The molecule has 18 heavy (non-hydrogen) atoms. The minimum absolute atomic E-state index is 0.0928. The maximum absolute atomic E-state index is 11.5. The van der Waals surface area contributed by atoms with Crippen molar-refractivity contribution in [2.75, 3.05) is 6.54 Å². The van der Waals surface area contributed by atoms with Gasteiger partial charge in [0.1, 0.15) is 0 Å². The summed E-state index contributed by atoms with van der Waals surface area (Å²) in [5, 5.41) is 2.93. The van der Waals surface area contributed by atoms with Gasteiger partial charge < -0.3 is 11.1 Å². The van der Waals surface area contributed by atoms with Crippen LogP contribution in [0.3, 0.4) is 0 Å². The Kier molecular flexibility index (Phi) is 5.86. The highest BCUT2D eigenvalue weighted by molar-refractivity contribution is 5.75. The van der Waals surface area contributed by atoms with E-state index in [9.17, 15) is 4.79 Å². The van der Waals surface area contributed by atoms with Crippen LogP contribution >= 0.6 is 0 Å². The fraction of sp³-hybridized carbons (Fsp3) is 0.533. The first-order valence-electron chi connectivity index (χ1n) is 6.57. The molecule has 0 aromatic heterocycles. The van der Waals surface area contributed by atoms with Crippen LogP contribution in [0.4, 0.5) is 0 Å². The Morgan fingerprint density at radius 2 is 1.89 bits per heavy atom. The number of benzene rings is 1. The van der Waals surface area contributed by atoms with Crippen LogP contribution in [0.5, 0.6) is 0 Å². The van der Waals surface area contributed by atoms with Crippen molar-refractivity contribution in [2.24, 2.45) is 5.73 Å².